The highest BCUT2D eigenvalue weighted by molar-refractivity contribution is 5.94. The molecule has 1 aromatic carbocycles. The van der Waals surface area contributed by atoms with Gasteiger partial charge in [-0.3, -0.25) is 9.59 Å². The fraction of sp³-hybridized carbons (Fsp3) is 0.591. The van der Waals surface area contributed by atoms with Crippen LogP contribution >= 0.6 is 0 Å². The summed E-state index contributed by atoms with van der Waals surface area (Å²) in [6.07, 6.45) is -0.00565. The number of urea groups is 1. The lowest BCUT2D eigenvalue weighted by Crippen LogP contribution is -2.57. The van der Waals surface area contributed by atoms with Crippen LogP contribution in [0.3, 0.4) is 0 Å². The predicted octanol–water partition coefficient (Wildman–Crippen LogP) is 1.24. The molecule has 0 unspecified atom stereocenters. The fourth-order valence-electron chi connectivity index (χ4n) is 3.85. The van der Waals surface area contributed by atoms with Gasteiger partial charge in [-0.05, 0) is 24.3 Å². The molecule has 30 heavy (non-hydrogen) atoms. The maximum absolute atomic E-state index is 13.1. The summed E-state index contributed by atoms with van der Waals surface area (Å²) < 4.78 is 10.6. The predicted molar refractivity (Wildman–Crippen MR) is 111 cm³/mol. The van der Waals surface area contributed by atoms with Gasteiger partial charge in [0, 0.05) is 13.1 Å². The van der Waals surface area contributed by atoms with Crippen molar-refractivity contribution in [1.82, 2.24) is 15.5 Å². The highest BCUT2D eigenvalue weighted by Gasteiger charge is 2.38. The van der Waals surface area contributed by atoms with Crippen LogP contribution in [0.4, 0.5) is 4.79 Å². The minimum Gasteiger partial charge on any atom is -0.378 e. The number of hydrogen-bond acceptors (Lipinski definition) is 5. The summed E-state index contributed by atoms with van der Waals surface area (Å²) in [6.45, 7) is 7.74. The van der Waals surface area contributed by atoms with E-state index in [1.165, 1.54) is 0 Å². The zero-order valence-electron chi connectivity index (χ0n) is 17.8. The molecule has 0 spiro atoms. The van der Waals surface area contributed by atoms with Crippen LogP contribution in [0.2, 0.25) is 0 Å². The second-order valence-corrected chi connectivity index (χ2v) is 8.52. The molecule has 2 saturated heterocycles. The molecule has 164 valence electrons. The molecular formula is C22H31N3O5. The van der Waals surface area contributed by atoms with Crippen LogP contribution in [0.1, 0.15) is 32.8 Å². The smallest absolute Gasteiger partial charge is 0.318 e. The number of rotatable bonds is 6. The molecule has 3 atom stereocenters. The van der Waals surface area contributed by atoms with E-state index in [0.717, 1.165) is 5.56 Å². The van der Waals surface area contributed by atoms with E-state index in [9.17, 15) is 14.4 Å². The highest BCUT2D eigenvalue weighted by atomic mass is 16.5. The Morgan fingerprint density at radius 3 is 2.47 bits per heavy atom. The SMILES string of the molecule is C[C@@H]1OCC(=O)[C@H]1NC(=O)[C@H](CC(C)(C)c1ccccc1)NC(=O)N1CCOCC1. The first kappa shape index (κ1) is 22.2. The third-order valence-electron chi connectivity index (χ3n) is 5.78. The van der Waals surface area contributed by atoms with Crippen molar-refractivity contribution in [2.24, 2.45) is 0 Å². The molecule has 2 N–H and O–H groups in total. The minimum absolute atomic E-state index is 0.00751. The zero-order chi connectivity index (χ0) is 21.7. The summed E-state index contributed by atoms with van der Waals surface area (Å²) in [7, 11) is 0. The van der Waals surface area contributed by atoms with Crippen molar-refractivity contribution in [2.45, 2.75) is 50.8 Å². The summed E-state index contributed by atoms with van der Waals surface area (Å²) in [5.74, 6) is -0.534. The lowest BCUT2D eigenvalue weighted by Gasteiger charge is -2.33. The molecule has 0 radical (unpaired) electrons. The maximum atomic E-state index is 13.1. The van der Waals surface area contributed by atoms with Crippen molar-refractivity contribution in [1.29, 1.82) is 0 Å². The lowest BCUT2D eigenvalue weighted by molar-refractivity contribution is -0.127. The number of ether oxygens (including phenoxy) is 2. The van der Waals surface area contributed by atoms with Gasteiger partial charge in [-0.1, -0.05) is 44.2 Å². The van der Waals surface area contributed by atoms with Gasteiger partial charge in [-0.15, -0.1) is 0 Å². The second-order valence-electron chi connectivity index (χ2n) is 8.52. The standard InChI is InChI=1S/C22H31N3O5/c1-15-19(18(26)14-30-15)24-20(27)17(23-21(28)25-9-11-29-12-10-25)13-22(2,3)16-7-5-4-6-8-16/h4-8,15,17,19H,9-14H2,1-3H3,(H,23,28)(H,24,27)/t15-,17-,19-/m0/s1. The average Bonchev–Trinajstić information content (AvgIpc) is 3.06. The Morgan fingerprint density at radius 2 is 1.87 bits per heavy atom. The van der Waals surface area contributed by atoms with Gasteiger partial charge in [0.15, 0.2) is 5.78 Å². The fourth-order valence-corrected chi connectivity index (χ4v) is 3.85. The first-order chi connectivity index (χ1) is 14.3. The van der Waals surface area contributed by atoms with E-state index in [-0.39, 0.29) is 35.8 Å². The quantitative estimate of drug-likeness (QED) is 0.726. The summed E-state index contributed by atoms with van der Waals surface area (Å²) in [5.41, 5.74) is 0.695. The lowest BCUT2D eigenvalue weighted by atomic mass is 9.79. The van der Waals surface area contributed by atoms with E-state index >= 15 is 0 Å². The Balaban J connectivity index is 1.75. The second kappa shape index (κ2) is 9.57. The first-order valence-corrected chi connectivity index (χ1v) is 10.4. The Bertz CT molecular complexity index is 761. The van der Waals surface area contributed by atoms with Gasteiger partial charge in [-0.2, -0.15) is 0 Å². The molecular weight excluding hydrogens is 386 g/mol. The molecule has 1 aromatic rings. The Hall–Kier alpha value is -2.45. The maximum Gasteiger partial charge on any atom is 0.318 e. The van der Waals surface area contributed by atoms with E-state index in [1.807, 2.05) is 44.2 Å². The number of ketones is 1. The number of carbonyl (C=O) groups is 3. The van der Waals surface area contributed by atoms with E-state index in [2.05, 4.69) is 10.6 Å². The van der Waals surface area contributed by atoms with Crippen molar-refractivity contribution in [3.05, 3.63) is 35.9 Å². The van der Waals surface area contributed by atoms with Crippen molar-refractivity contribution in [3.63, 3.8) is 0 Å². The molecule has 2 aliphatic heterocycles. The van der Waals surface area contributed by atoms with Crippen LogP contribution in [0.15, 0.2) is 30.3 Å². The molecule has 3 amide bonds. The molecule has 2 heterocycles. The number of amides is 3. The number of benzene rings is 1. The highest BCUT2D eigenvalue weighted by Crippen LogP contribution is 2.28. The van der Waals surface area contributed by atoms with Crippen molar-refractivity contribution in [2.75, 3.05) is 32.9 Å². The molecule has 0 bridgehead atoms. The number of nitrogens with one attached hydrogen (secondary N) is 2. The third-order valence-corrected chi connectivity index (χ3v) is 5.78. The summed E-state index contributed by atoms with van der Waals surface area (Å²) in [4.78, 5) is 39.6. The monoisotopic (exact) mass is 417 g/mol. The van der Waals surface area contributed by atoms with E-state index < -0.39 is 12.1 Å². The number of Topliss-reactive ketones (excluding diaryl/α,β-unsaturated/α-hetero) is 1. The molecule has 8 heteroatoms. The molecule has 2 aliphatic rings. The van der Waals surface area contributed by atoms with Crippen LogP contribution < -0.4 is 10.6 Å². The van der Waals surface area contributed by atoms with Crippen LogP contribution in [-0.2, 0) is 24.5 Å². The summed E-state index contributed by atoms with van der Waals surface area (Å²) in [5, 5.41) is 5.67. The van der Waals surface area contributed by atoms with Gasteiger partial charge >= 0.3 is 6.03 Å². The van der Waals surface area contributed by atoms with Gasteiger partial charge in [0.2, 0.25) is 5.91 Å². The molecule has 0 saturated carbocycles. The first-order valence-electron chi connectivity index (χ1n) is 10.4. The van der Waals surface area contributed by atoms with Crippen LogP contribution in [0.25, 0.3) is 0 Å². The molecule has 0 aromatic heterocycles. The Kier molecular flexibility index (Phi) is 7.10. The summed E-state index contributed by atoms with van der Waals surface area (Å²) >= 11 is 0. The normalized spacial score (nSPS) is 23.2. The van der Waals surface area contributed by atoms with Gasteiger partial charge in [0.05, 0.1) is 19.3 Å². The number of hydrogen-bond donors (Lipinski definition) is 2. The van der Waals surface area contributed by atoms with Crippen LogP contribution in [-0.4, -0.2) is 73.7 Å². The van der Waals surface area contributed by atoms with Gasteiger partial charge < -0.3 is 25.0 Å². The summed E-state index contributed by atoms with van der Waals surface area (Å²) in [6, 6.07) is 8.07. The van der Waals surface area contributed by atoms with Crippen molar-refractivity contribution >= 4 is 17.7 Å². The molecule has 3 rings (SSSR count). The van der Waals surface area contributed by atoms with Gasteiger partial charge in [-0.25, -0.2) is 4.79 Å². The number of morpholine rings is 1. The van der Waals surface area contributed by atoms with Gasteiger partial charge in [0.1, 0.15) is 18.7 Å². The number of nitrogens with zero attached hydrogens (tertiary/aromatic N) is 1. The van der Waals surface area contributed by atoms with Crippen LogP contribution in [0, 0.1) is 0 Å². The Morgan fingerprint density at radius 1 is 1.20 bits per heavy atom. The zero-order valence-corrected chi connectivity index (χ0v) is 17.8. The van der Waals surface area contributed by atoms with Crippen molar-refractivity contribution in [3.8, 4) is 0 Å². The molecule has 8 nitrogen and oxygen atoms in total. The molecule has 0 aliphatic carbocycles. The van der Waals surface area contributed by atoms with Gasteiger partial charge in [0.25, 0.3) is 0 Å². The van der Waals surface area contributed by atoms with E-state index in [0.29, 0.717) is 32.7 Å². The number of carbonyl (C=O) groups excluding carboxylic acids is 3. The largest absolute Gasteiger partial charge is 0.378 e. The molecule has 2 fully saturated rings. The van der Waals surface area contributed by atoms with E-state index in [4.69, 9.17) is 9.47 Å². The average molecular weight is 418 g/mol. The van der Waals surface area contributed by atoms with Crippen LogP contribution in [0.5, 0.6) is 0 Å². The van der Waals surface area contributed by atoms with Crippen molar-refractivity contribution < 1.29 is 23.9 Å². The topological polar surface area (TPSA) is 97.0 Å². The van der Waals surface area contributed by atoms with E-state index in [1.54, 1.807) is 11.8 Å². The third kappa shape index (κ3) is 5.37. The Labute approximate surface area is 177 Å². The minimum atomic E-state index is -0.795.